The second-order valence-corrected chi connectivity index (χ2v) is 4.29. The molecule has 0 bridgehead atoms. The van der Waals surface area contributed by atoms with Gasteiger partial charge < -0.3 is 11.1 Å². The highest BCUT2D eigenvalue weighted by molar-refractivity contribution is 5.77. The molecule has 0 aliphatic heterocycles. The lowest BCUT2D eigenvalue weighted by atomic mass is 10.1. The Morgan fingerprint density at radius 1 is 1.31 bits per heavy atom. The minimum Gasteiger partial charge on any atom is -0.399 e. The van der Waals surface area contributed by atoms with E-state index in [1.807, 2.05) is 38.1 Å². The number of carbonyl (C=O) groups is 1. The first kappa shape index (κ1) is 12.6. The molecule has 3 N–H and O–H groups in total. The molecule has 1 aromatic rings. The third-order valence-electron chi connectivity index (χ3n) is 2.45. The van der Waals surface area contributed by atoms with E-state index in [9.17, 15) is 4.79 Å². The van der Waals surface area contributed by atoms with Crippen LogP contribution in [-0.4, -0.2) is 12.5 Å². The van der Waals surface area contributed by atoms with E-state index < -0.39 is 0 Å². The van der Waals surface area contributed by atoms with Crippen LogP contribution < -0.4 is 11.1 Å². The number of hydrogen-bond donors (Lipinski definition) is 2. The molecule has 1 amide bonds. The van der Waals surface area contributed by atoms with E-state index in [4.69, 9.17) is 5.73 Å². The predicted octanol–water partition coefficient (Wildman–Crippen LogP) is 1.97. The summed E-state index contributed by atoms with van der Waals surface area (Å²) in [6, 6.07) is 7.86. The molecular weight excluding hydrogens is 200 g/mol. The predicted molar refractivity (Wildman–Crippen MR) is 67.0 cm³/mol. The maximum Gasteiger partial charge on any atom is 0.222 e. The number of nitrogens with one attached hydrogen (secondary N) is 1. The summed E-state index contributed by atoms with van der Waals surface area (Å²) in [4.78, 5) is 11.3. The quantitative estimate of drug-likeness (QED) is 0.589. The molecule has 0 aliphatic carbocycles. The normalized spacial score (nSPS) is 10.4. The average molecular weight is 220 g/mol. The van der Waals surface area contributed by atoms with Gasteiger partial charge in [-0.3, -0.25) is 4.79 Å². The molecule has 16 heavy (non-hydrogen) atoms. The summed E-state index contributed by atoms with van der Waals surface area (Å²) in [6.07, 6.45) is 1.93. The van der Waals surface area contributed by atoms with Gasteiger partial charge in [-0.2, -0.15) is 0 Å². The third-order valence-corrected chi connectivity index (χ3v) is 2.45. The van der Waals surface area contributed by atoms with Gasteiger partial charge in [-0.25, -0.2) is 0 Å². The molecule has 0 atom stereocenters. The topological polar surface area (TPSA) is 55.1 Å². The first-order chi connectivity index (χ1) is 7.59. The highest BCUT2D eigenvalue weighted by Gasteiger charge is 2.04. The van der Waals surface area contributed by atoms with Crippen molar-refractivity contribution in [3.8, 4) is 0 Å². The molecule has 1 rings (SSSR count). The van der Waals surface area contributed by atoms with Crippen molar-refractivity contribution in [1.82, 2.24) is 5.32 Å². The number of rotatable bonds is 5. The van der Waals surface area contributed by atoms with Gasteiger partial charge >= 0.3 is 0 Å². The molecule has 0 radical (unpaired) electrons. The fourth-order valence-corrected chi connectivity index (χ4v) is 1.39. The summed E-state index contributed by atoms with van der Waals surface area (Å²) < 4.78 is 0. The number of benzene rings is 1. The van der Waals surface area contributed by atoms with Crippen molar-refractivity contribution >= 4 is 11.6 Å². The van der Waals surface area contributed by atoms with Crippen LogP contribution in [0.25, 0.3) is 0 Å². The second-order valence-electron chi connectivity index (χ2n) is 4.29. The van der Waals surface area contributed by atoms with Gasteiger partial charge in [0.1, 0.15) is 0 Å². The molecule has 0 aliphatic rings. The van der Waals surface area contributed by atoms with Crippen molar-refractivity contribution in [3.05, 3.63) is 29.8 Å². The Labute approximate surface area is 97.0 Å². The molecular formula is C13H20N2O. The lowest BCUT2D eigenvalue weighted by Crippen LogP contribution is -2.28. The van der Waals surface area contributed by atoms with Gasteiger partial charge in [0.25, 0.3) is 0 Å². The molecule has 1 aromatic carbocycles. The van der Waals surface area contributed by atoms with Crippen molar-refractivity contribution in [2.75, 3.05) is 12.3 Å². The van der Waals surface area contributed by atoms with Crippen LogP contribution in [0.1, 0.15) is 25.8 Å². The SMILES string of the molecule is CC(C)C(=O)NCCCc1ccc(N)cc1. The minimum atomic E-state index is 0.0662. The number of aryl methyl sites for hydroxylation is 1. The van der Waals surface area contributed by atoms with Crippen molar-refractivity contribution < 1.29 is 4.79 Å². The number of carbonyl (C=O) groups excluding carboxylic acids is 1. The Hall–Kier alpha value is -1.51. The van der Waals surface area contributed by atoms with Crippen LogP contribution in [-0.2, 0) is 11.2 Å². The van der Waals surface area contributed by atoms with Gasteiger partial charge in [0, 0.05) is 18.2 Å². The van der Waals surface area contributed by atoms with E-state index in [0.717, 1.165) is 25.1 Å². The number of anilines is 1. The largest absolute Gasteiger partial charge is 0.399 e. The molecule has 0 aromatic heterocycles. The standard InChI is InChI=1S/C13H20N2O/c1-10(2)13(16)15-9-3-4-11-5-7-12(14)8-6-11/h5-8,10H,3-4,9,14H2,1-2H3,(H,15,16). The Bertz CT molecular complexity index is 330. The third kappa shape index (κ3) is 4.34. The van der Waals surface area contributed by atoms with Gasteiger partial charge in [-0.15, -0.1) is 0 Å². The van der Waals surface area contributed by atoms with E-state index >= 15 is 0 Å². The summed E-state index contributed by atoms with van der Waals surface area (Å²) >= 11 is 0. The zero-order chi connectivity index (χ0) is 12.0. The molecule has 88 valence electrons. The fraction of sp³-hybridized carbons (Fsp3) is 0.462. The van der Waals surface area contributed by atoms with E-state index in [2.05, 4.69) is 5.32 Å². The smallest absolute Gasteiger partial charge is 0.222 e. The molecule has 0 unspecified atom stereocenters. The van der Waals surface area contributed by atoms with E-state index in [1.165, 1.54) is 5.56 Å². The maximum absolute atomic E-state index is 11.3. The van der Waals surface area contributed by atoms with Crippen molar-refractivity contribution in [1.29, 1.82) is 0 Å². The highest BCUT2D eigenvalue weighted by Crippen LogP contribution is 2.07. The summed E-state index contributed by atoms with van der Waals surface area (Å²) in [5.74, 6) is 0.189. The lowest BCUT2D eigenvalue weighted by Gasteiger charge is -2.07. The molecule has 0 spiro atoms. The van der Waals surface area contributed by atoms with Crippen LogP contribution >= 0.6 is 0 Å². The van der Waals surface area contributed by atoms with Gasteiger partial charge in [0.2, 0.25) is 5.91 Å². The zero-order valence-corrected chi connectivity index (χ0v) is 9.99. The van der Waals surface area contributed by atoms with Crippen molar-refractivity contribution in [2.24, 2.45) is 5.92 Å². The van der Waals surface area contributed by atoms with Gasteiger partial charge in [-0.05, 0) is 30.5 Å². The first-order valence-electron chi connectivity index (χ1n) is 5.71. The molecule has 0 saturated carbocycles. The Kier molecular flexibility index (Phi) is 4.83. The number of nitrogens with two attached hydrogens (primary N) is 1. The van der Waals surface area contributed by atoms with Crippen LogP contribution in [0.4, 0.5) is 5.69 Å². The monoisotopic (exact) mass is 220 g/mol. The van der Waals surface area contributed by atoms with Crippen LogP contribution in [0.3, 0.4) is 0 Å². The molecule has 3 nitrogen and oxygen atoms in total. The number of nitrogen functional groups attached to an aromatic ring is 1. The number of hydrogen-bond acceptors (Lipinski definition) is 2. The Morgan fingerprint density at radius 3 is 2.50 bits per heavy atom. The van der Waals surface area contributed by atoms with E-state index in [1.54, 1.807) is 0 Å². The van der Waals surface area contributed by atoms with Crippen LogP contribution in [0.5, 0.6) is 0 Å². The summed E-state index contributed by atoms with van der Waals surface area (Å²) in [7, 11) is 0. The number of amides is 1. The molecule has 0 heterocycles. The summed E-state index contributed by atoms with van der Waals surface area (Å²) in [5, 5.41) is 2.90. The Morgan fingerprint density at radius 2 is 1.94 bits per heavy atom. The van der Waals surface area contributed by atoms with Gasteiger partial charge in [0.05, 0.1) is 0 Å². The van der Waals surface area contributed by atoms with E-state index in [0.29, 0.717) is 0 Å². The second kappa shape index (κ2) is 6.16. The van der Waals surface area contributed by atoms with Gasteiger partial charge in [-0.1, -0.05) is 26.0 Å². The first-order valence-corrected chi connectivity index (χ1v) is 5.71. The maximum atomic E-state index is 11.3. The van der Waals surface area contributed by atoms with Crippen LogP contribution in [0, 0.1) is 5.92 Å². The molecule has 0 saturated heterocycles. The minimum absolute atomic E-state index is 0.0662. The fourth-order valence-electron chi connectivity index (χ4n) is 1.39. The molecule has 3 heteroatoms. The van der Waals surface area contributed by atoms with E-state index in [-0.39, 0.29) is 11.8 Å². The van der Waals surface area contributed by atoms with Crippen molar-refractivity contribution in [2.45, 2.75) is 26.7 Å². The van der Waals surface area contributed by atoms with Gasteiger partial charge in [0.15, 0.2) is 0 Å². The lowest BCUT2D eigenvalue weighted by molar-refractivity contribution is -0.123. The van der Waals surface area contributed by atoms with Crippen LogP contribution in [0.2, 0.25) is 0 Å². The summed E-state index contributed by atoms with van der Waals surface area (Å²) in [5.41, 5.74) is 7.64. The molecule has 0 fully saturated rings. The Balaban J connectivity index is 2.21. The average Bonchev–Trinajstić information content (AvgIpc) is 2.26. The highest BCUT2D eigenvalue weighted by atomic mass is 16.1. The van der Waals surface area contributed by atoms with Crippen LogP contribution in [0.15, 0.2) is 24.3 Å². The zero-order valence-electron chi connectivity index (χ0n) is 9.99. The summed E-state index contributed by atoms with van der Waals surface area (Å²) in [6.45, 7) is 4.53. The van der Waals surface area contributed by atoms with Crippen molar-refractivity contribution in [3.63, 3.8) is 0 Å².